The van der Waals surface area contributed by atoms with Crippen LogP contribution in [-0.2, 0) is 11.3 Å². The second-order valence-corrected chi connectivity index (χ2v) is 3.69. The second kappa shape index (κ2) is 4.70. The van der Waals surface area contributed by atoms with Gasteiger partial charge < -0.3 is 15.4 Å². The van der Waals surface area contributed by atoms with Crippen LogP contribution < -0.4 is 5.32 Å². The molecule has 0 aliphatic heterocycles. The third kappa shape index (κ3) is 2.54. The van der Waals surface area contributed by atoms with E-state index in [-0.39, 0.29) is 23.8 Å². The molecule has 0 unspecified atom stereocenters. The fourth-order valence-electron chi connectivity index (χ4n) is 1.51. The van der Waals surface area contributed by atoms with Crippen LogP contribution in [0.15, 0.2) is 18.5 Å². The highest BCUT2D eigenvalue weighted by molar-refractivity contribution is 5.99. The van der Waals surface area contributed by atoms with E-state index in [4.69, 9.17) is 5.11 Å². The first-order valence-corrected chi connectivity index (χ1v) is 5.13. The van der Waals surface area contributed by atoms with Crippen molar-refractivity contribution in [2.45, 2.75) is 13.5 Å². The second-order valence-electron chi connectivity index (χ2n) is 3.69. The zero-order valence-electron chi connectivity index (χ0n) is 9.54. The van der Waals surface area contributed by atoms with Crippen molar-refractivity contribution in [1.29, 1.82) is 0 Å². The molecule has 0 bridgehead atoms. The van der Waals surface area contributed by atoms with Crippen molar-refractivity contribution in [2.75, 3.05) is 5.32 Å². The molecule has 0 radical (unpaired) electrons. The Morgan fingerprint density at radius 2 is 2.33 bits per heavy atom. The largest absolute Gasteiger partial charge is 0.477 e. The van der Waals surface area contributed by atoms with Gasteiger partial charge in [0.05, 0.1) is 11.9 Å². The van der Waals surface area contributed by atoms with Gasteiger partial charge in [0.25, 0.3) is 0 Å². The van der Waals surface area contributed by atoms with E-state index in [1.165, 1.54) is 10.9 Å². The summed E-state index contributed by atoms with van der Waals surface area (Å²) in [4.78, 5) is 25.2. The molecule has 2 heterocycles. The minimum Gasteiger partial charge on any atom is -0.477 e. The Bertz CT molecular complexity index is 572. The molecule has 2 rings (SSSR count). The lowest BCUT2D eigenvalue weighted by Gasteiger charge is -2.03. The molecular weight excluding hydrogens is 238 g/mol. The lowest BCUT2D eigenvalue weighted by molar-refractivity contribution is -0.116. The molecule has 18 heavy (non-hydrogen) atoms. The van der Waals surface area contributed by atoms with Crippen LogP contribution in [-0.4, -0.2) is 37.0 Å². The number of aromatic nitrogens is 4. The van der Waals surface area contributed by atoms with Crippen LogP contribution in [0.3, 0.4) is 0 Å². The molecule has 2 aromatic rings. The Hall–Kier alpha value is -2.64. The summed E-state index contributed by atoms with van der Waals surface area (Å²) in [7, 11) is 0. The third-order valence-corrected chi connectivity index (χ3v) is 2.22. The molecule has 3 N–H and O–H groups in total. The number of nitrogens with zero attached hydrogens (tertiary/aromatic N) is 3. The number of carboxylic acids is 1. The number of carbonyl (C=O) groups is 2. The Kier molecular flexibility index (Phi) is 3.09. The number of hydrogen-bond acceptors (Lipinski definition) is 4. The summed E-state index contributed by atoms with van der Waals surface area (Å²) < 4.78 is 1.34. The quantitative estimate of drug-likeness (QED) is 0.718. The number of aromatic amines is 1. The molecule has 0 saturated carbocycles. The number of nitrogens with one attached hydrogen (secondary N) is 2. The van der Waals surface area contributed by atoms with Crippen LogP contribution in [0.4, 0.5) is 5.69 Å². The van der Waals surface area contributed by atoms with E-state index in [2.05, 4.69) is 20.6 Å². The van der Waals surface area contributed by atoms with E-state index in [1.54, 1.807) is 19.2 Å². The normalized spacial score (nSPS) is 10.3. The zero-order chi connectivity index (χ0) is 13.1. The Morgan fingerprint density at radius 3 is 2.94 bits per heavy atom. The molecule has 0 aliphatic carbocycles. The minimum atomic E-state index is -1.13. The summed E-state index contributed by atoms with van der Waals surface area (Å²) >= 11 is 0. The maximum absolute atomic E-state index is 11.7. The van der Waals surface area contributed by atoms with Crippen LogP contribution in [0.2, 0.25) is 0 Å². The molecule has 94 valence electrons. The number of amides is 1. The van der Waals surface area contributed by atoms with Crippen LogP contribution >= 0.6 is 0 Å². The number of carboxylic acid groups (broad SMARTS) is 1. The first-order valence-electron chi connectivity index (χ1n) is 5.13. The van der Waals surface area contributed by atoms with Crippen molar-refractivity contribution in [2.24, 2.45) is 0 Å². The SMILES string of the molecule is Cc1cc(NC(=O)Cn2ccnn2)c(C(=O)O)[nH]1. The molecule has 8 nitrogen and oxygen atoms in total. The average Bonchev–Trinajstić information content (AvgIpc) is 2.88. The lowest BCUT2D eigenvalue weighted by atomic mass is 10.3. The van der Waals surface area contributed by atoms with Gasteiger partial charge in [-0.05, 0) is 13.0 Å². The van der Waals surface area contributed by atoms with Crippen molar-refractivity contribution >= 4 is 17.6 Å². The highest BCUT2D eigenvalue weighted by atomic mass is 16.4. The molecule has 8 heteroatoms. The molecule has 0 aliphatic rings. The van der Waals surface area contributed by atoms with Crippen molar-refractivity contribution < 1.29 is 14.7 Å². The molecule has 0 fully saturated rings. The van der Waals surface area contributed by atoms with E-state index in [0.717, 1.165) is 0 Å². The van der Waals surface area contributed by atoms with E-state index in [0.29, 0.717) is 5.69 Å². The fraction of sp³-hybridized carbons (Fsp3) is 0.200. The van der Waals surface area contributed by atoms with E-state index in [1.807, 2.05) is 0 Å². The lowest BCUT2D eigenvalue weighted by Crippen LogP contribution is -2.20. The maximum Gasteiger partial charge on any atom is 0.354 e. The first-order chi connectivity index (χ1) is 8.56. The summed E-state index contributed by atoms with van der Waals surface area (Å²) in [5.74, 6) is -1.50. The summed E-state index contributed by atoms with van der Waals surface area (Å²) in [6, 6.07) is 1.56. The Morgan fingerprint density at radius 1 is 1.56 bits per heavy atom. The Labute approximate surface area is 102 Å². The van der Waals surface area contributed by atoms with Crippen LogP contribution in [0, 0.1) is 6.92 Å². The number of rotatable bonds is 4. The van der Waals surface area contributed by atoms with Gasteiger partial charge in [-0.2, -0.15) is 0 Å². The molecule has 0 saturated heterocycles. The topological polar surface area (TPSA) is 113 Å². The molecule has 1 amide bonds. The third-order valence-electron chi connectivity index (χ3n) is 2.22. The van der Waals surface area contributed by atoms with Crippen LogP contribution in [0.25, 0.3) is 0 Å². The van der Waals surface area contributed by atoms with E-state index >= 15 is 0 Å². The molecule has 0 aromatic carbocycles. The molecular formula is C10H11N5O3. The van der Waals surface area contributed by atoms with Gasteiger partial charge in [-0.1, -0.05) is 5.21 Å². The molecule has 2 aromatic heterocycles. The summed E-state index contributed by atoms with van der Waals surface area (Å²) in [5, 5.41) is 18.7. The number of aryl methyl sites for hydroxylation is 1. The monoisotopic (exact) mass is 249 g/mol. The standard InChI is InChI=1S/C10H11N5O3/c1-6-4-7(9(12-6)10(17)18)13-8(16)5-15-3-2-11-14-15/h2-4,12H,5H2,1H3,(H,13,16)(H,17,18). The Balaban J connectivity index is 2.09. The zero-order valence-corrected chi connectivity index (χ0v) is 9.54. The minimum absolute atomic E-state index is 0.0245. The van der Waals surface area contributed by atoms with Crippen LogP contribution in [0.5, 0.6) is 0 Å². The van der Waals surface area contributed by atoms with Crippen LogP contribution in [0.1, 0.15) is 16.2 Å². The van der Waals surface area contributed by atoms with Crippen molar-refractivity contribution in [1.82, 2.24) is 20.0 Å². The molecule has 0 spiro atoms. The first kappa shape index (κ1) is 11.8. The van der Waals surface area contributed by atoms with Gasteiger partial charge in [-0.25, -0.2) is 9.48 Å². The number of H-pyrrole nitrogens is 1. The summed E-state index contributed by atoms with van der Waals surface area (Å²) in [5.41, 5.74) is 0.855. The van der Waals surface area contributed by atoms with Gasteiger partial charge in [-0.15, -0.1) is 5.10 Å². The smallest absolute Gasteiger partial charge is 0.354 e. The summed E-state index contributed by atoms with van der Waals surface area (Å²) in [6.07, 6.45) is 3.00. The fourth-order valence-corrected chi connectivity index (χ4v) is 1.51. The van der Waals surface area contributed by atoms with Gasteiger partial charge in [-0.3, -0.25) is 4.79 Å². The highest BCUT2D eigenvalue weighted by Gasteiger charge is 2.15. The van der Waals surface area contributed by atoms with Crippen molar-refractivity contribution in [3.8, 4) is 0 Å². The van der Waals surface area contributed by atoms with Crippen molar-refractivity contribution in [3.63, 3.8) is 0 Å². The predicted molar refractivity (Wildman–Crippen MR) is 61.1 cm³/mol. The van der Waals surface area contributed by atoms with Crippen molar-refractivity contribution in [3.05, 3.63) is 29.8 Å². The number of hydrogen-bond donors (Lipinski definition) is 3. The van der Waals surface area contributed by atoms with Gasteiger partial charge >= 0.3 is 5.97 Å². The van der Waals surface area contributed by atoms with E-state index < -0.39 is 5.97 Å². The number of aromatic carboxylic acids is 1. The van der Waals surface area contributed by atoms with E-state index in [9.17, 15) is 9.59 Å². The number of anilines is 1. The van der Waals surface area contributed by atoms with Gasteiger partial charge in [0.1, 0.15) is 12.2 Å². The highest BCUT2D eigenvalue weighted by Crippen LogP contribution is 2.16. The van der Waals surface area contributed by atoms with Gasteiger partial charge in [0.2, 0.25) is 5.91 Å². The maximum atomic E-state index is 11.7. The van der Waals surface area contributed by atoms with Gasteiger partial charge in [0, 0.05) is 11.9 Å². The summed E-state index contributed by atoms with van der Waals surface area (Å²) in [6.45, 7) is 1.68. The predicted octanol–water partition coefficient (Wildman–Crippen LogP) is 0.252. The van der Waals surface area contributed by atoms with Gasteiger partial charge in [0.15, 0.2) is 0 Å². The number of carbonyl (C=O) groups excluding carboxylic acids is 1. The average molecular weight is 249 g/mol. The molecule has 0 atom stereocenters.